The van der Waals surface area contributed by atoms with Crippen molar-refractivity contribution in [2.45, 2.75) is 6.92 Å². The number of benzene rings is 2. The summed E-state index contributed by atoms with van der Waals surface area (Å²) in [4.78, 5) is 46.4. The fourth-order valence-corrected chi connectivity index (χ4v) is 2.43. The molecular formula is C19H20N4O6. The Kier molecular flexibility index (Phi) is 7.24. The van der Waals surface area contributed by atoms with E-state index in [-0.39, 0.29) is 22.8 Å². The van der Waals surface area contributed by atoms with Gasteiger partial charge in [-0.25, -0.2) is 4.79 Å². The largest absolute Gasteiger partial charge is 0.452 e. The minimum Gasteiger partial charge on any atom is -0.452 e. The second kappa shape index (κ2) is 9.83. The summed E-state index contributed by atoms with van der Waals surface area (Å²) in [5.41, 5.74) is 0.647. The van der Waals surface area contributed by atoms with Crippen molar-refractivity contribution in [2.75, 3.05) is 30.8 Å². The Morgan fingerprint density at radius 1 is 1.10 bits per heavy atom. The summed E-state index contributed by atoms with van der Waals surface area (Å²) < 4.78 is 4.91. The number of amides is 2. The average molecular weight is 400 g/mol. The Hall–Kier alpha value is -3.95. The van der Waals surface area contributed by atoms with Gasteiger partial charge in [0.1, 0.15) is 5.69 Å². The van der Waals surface area contributed by atoms with Crippen molar-refractivity contribution in [1.82, 2.24) is 5.32 Å². The number of rotatable bonds is 8. The molecule has 0 radical (unpaired) electrons. The Bertz CT molecular complexity index is 944. The van der Waals surface area contributed by atoms with Gasteiger partial charge in [-0.15, -0.1) is 0 Å². The van der Waals surface area contributed by atoms with E-state index in [9.17, 15) is 24.5 Å². The van der Waals surface area contributed by atoms with Gasteiger partial charge in [-0.1, -0.05) is 6.07 Å². The van der Waals surface area contributed by atoms with Crippen LogP contribution >= 0.6 is 0 Å². The SMILES string of the molecule is CCNC(=O)c1cccc(NC(=O)COC(=O)c2ccc(NC)c([N+](=O)[O-])c2)c1. The number of nitrogens with one attached hydrogen (secondary N) is 3. The molecule has 0 saturated carbocycles. The highest BCUT2D eigenvalue weighted by Crippen LogP contribution is 2.25. The molecule has 0 aromatic heterocycles. The molecule has 10 heteroatoms. The van der Waals surface area contributed by atoms with Gasteiger partial charge < -0.3 is 20.7 Å². The molecule has 0 aliphatic carbocycles. The van der Waals surface area contributed by atoms with E-state index in [0.717, 1.165) is 6.07 Å². The summed E-state index contributed by atoms with van der Waals surface area (Å²) in [6, 6.07) is 10.1. The molecular weight excluding hydrogens is 380 g/mol. The van der Waals surface area contributed by atoms with Gasteiger partial charge in [0.05, 0.1) is 10.5 Å². The molecule has 2 rings (SSSR count). The third-order valence-electron chi connectivity index (χ3n) is 3.78. The zero-order valence-corrected chi connectivity index (χ0v) is 15.9. The number of esters is 1. The van der Waals surface area contributed by atoms with E-state index in [4.69, 9.17) is 4.74 Å². The van der Waals surface area contributed by atoms with Crippen LogP contribution in [-0.4, -0.2) is 42.9 Å². The minimum absolute atomic E-state index is 0.0539. The Labute approximate surface area is 166 Å². The average Bonchev–Trinajstić information content (AvgIpc) is 2.71. The number of nitro benzene ring substituents is 1. The zero-order valence-electron chi connectivity index (χ0n) is 15.9. The van der Waals surface area contributed by atoms with Crippen molar-refractivity contribution in [2.24, 2.45) is 0 Å². The second-order valence-corrected chi connectivity index (χ2v) is 5.80. The molecule has 0 bridgehead atoms. The highest BCUT2D eigenvalue weighted by Gasteiger charge is 2.18. The molecule has 152 valence electrons. The van der Waals surface area contributed by atoms with E-state index >= 15 is 0 Å². The van der Waals surface area contributed by atoms with Crippen LogP contribution in [0.2, 0.25) is 0 Å². The smallest absolute Gasteiger partial charge is 0.338 e. The van der Waals surface area contributed by atoms with E-state index in [2.05, 4.69) is 16.0 Å². The quantitative estimate of drug-likeness (QED) is 0.350. The van der Waals surface area contributed by atoms with Crippen LogP contribution in [0.3, 0.4) is 0 Å². The van der Waals surface area contributed by atoms with E-state index in [1.54, 1.807) is 25.1 Å². The van der Waals surface area contributed by atoms with E-state index < -0.39 is 23.4 Å². The highest BCUT2D eigenvalue weighted by molar-refractivity contribution is 5.98. The van der Waals surface area contributed by atoms with Gasteiger partial charge in [0.2, 0.25) is 0 Å². The second-order valence-electron chi connectivity index (χ2n) is 5.80. The standard InChI is InChI=1S/C19H20N4O6/c1-3-21-18(25)12-5-4-6-14(9-12)22-17(24)11-29-19(26)13-7-8-15(20-2)16(10-13)23(27)28/h4-10,20H,3,11H2,1-2H3,(H,21,25)(H,22,24). The van der Waals surface area contributed by atoms with Gasteiger partial charge in [0.15, 0.2) is 6.61 Å². The predicted octanol–water partition coefficient (Wildman–Crippen LogP) is 2.18. The van der Waals surface area contributed by atoms with Crippen LogP contribution in [0, 0.1) is 10.1 Å². The maximum atomic E-state index is 12.1. The van der Waals surface area contributed by atoms with Crippen molar-refractivity contribution in [3.8, 4) is 0 Å². The van der Waals surface area contributed by atoms with Crippen molar-refractivity contribution >= 4 is 34.8 Å². The maximum Gasteiger partial charge on any atom is 0.338 e. The summed E-state index contributed by atoms with van der Waals surface area (Å²) in [6.45, 7) is 1.67. The van der Waals surface area contributed by atoms with Crippen LogP contribution in [0.25, 0.3) is 0 Å². The van der Waals surface area contributed by atoms with E-state index in [0.29, 0.717) is 17.8 Å². The molecule has 2 aromatic carbocycles. The lowest BCUT2D eigenvalue weighted by atomic mass is 10.1. The number of carbonyl (C=O) groups is 3. The fourth-order valence-electron chi connectivity index (χ4n) is 2.43. The van der Waals surface area contributed by atoms with Crippen LogP contribution in [0.1, 0.15) is 27.6 Å². The molecule has 0 aliphatic heterocycles. The molecule has 0 heterocycles. The number of ether oxygens (including phenoxy) is 1. The van der Waals surface area contributed by atoms with Gasteiger partial charge in [0.25, 0.3) is 17.5 Å². The molecule has 0 spiro atoms. The molecule has 10 nitrogen and oxygen atoms in total. The summed E-state index contributed by atoms with van der Waals surface area (Å²) in [6.07, 6.45) is 0. The van der Waals surface area contributed by atoms with Crippen LogP contribution in [0.15, 0.2) is 42.5 Å². The monoisotopic (exact) mass is 400 g/mol. The normalized spacial score (nSPS) is 10.0. The number of anilines is 2. The predicted molar refractivity (Wildman–Crippen MR) is 106 cm³/mol. The summed E-state index contributed by atoms with van der Waals surface area (Å²) in [5, 5.41) is 18.9. The molecule has 0 saturated heterocycles. The molecule has 0 aliphatic rings. The molecule has 2 amide bonds. The molecule has 2 aromatic rings. The summed E-state index contributed by atoms with van der Waals surface area (Å²) in [5.74, 6) is -1.77. The van der Waals surface area contributed by atoms with Gasteiger partial charge in [0, 0.05) is 30.9 Å². The van der Waals surface area contributed by atoms with Gasteiger partial charge in [-0.2, -0.15) is 0 Å². The topological polar surface area (TPSA) is 140 Å². The lowest BCUT2D eigenvalue weighted by Crippen LogP contribution is -2.23. The minimum atomic E-state index is -0.873. The maximum absolute atomic E-state index is 12.1. The number of nitro groups is 1. The van der Waals surface area contributed by atoms with Gasteiger partial charge >= 0.3 is 5.97 Å². The number of hydrogen-bond donors (Lipinski definition) is 3. The molecule has 0 fully saturated rings. The summed E-state index contributed by atoms with van der Waals surface area (Å²) in [7, 11) is 1.52. The van der Waals surface area contributed by atoms with Crippen LogP contribution < -0.4 is 16.0 Å². The lowest BCUT2D eigenvalue weighted by Gasteiger charge is -2.09. The van der Waals surface area contributed by atoms with Crippen molar-refractivity contribution in [3.63, 3.8) is 0 Å². The fraction of sp³-hybridized carbons (Fsp3) is 0.211. The lowest BCUT2D eigenvalue weighted by molar-refractivity contribution is -0.384. The first-order valence-corrected chi connectivity index (χ1v) is 8.67. The number of nitrogens with zero attached hydrogens (tertiary/aromatic N) is 1. The highest BCUT2D eigenvalue weighted by atomic mass is 16.6. The number of hydrogen-bond acceptors (Lipinski definition) is 7. The Morgan fingerprint density at radius 2 is 1.86 bits per heavy atom. The van der Waals surface area contributed by atoms with Gasteiger partial charge in [-0.3, -0.25) is 19.7 Å². The molecule has 0 atom stereocenters. The van der Waals surface area contributed by atoms with Crippen LogP contribution in [-0.2, 0) is 9.53 Å². The first kappa shape index (κ1) is 21.4. The third-order valence-corrected chi connectivity index (χ3v) is 3.78. The third kappa shape index (κ3) is 5.76. The molecule has 0 unspecified atom stereocenters. The van der Waals surface area contributed by atoms with Crippen molar-refractivity contribution in [1.29, 1.82) is 0 Å². The Balaban J connectivity index is 1.98. The van der Waals surface area contributed by atoms with Crippen LogP contribution in [0.4, 0.5) is 17.1 Å². The van der Waals surface area contributed by atoms with Crippen LogP contribution in [0.5, 0.6) is 0 Å². The van der Waals surface area contributed by atoms with E-state index in [1.165, 1.54) is 25.2 Å². The first-order valence-electron chi connectivity index (χ1n) is 8.67. The first-order chi connectivity index (χ1) is 13.8. The molecule has 29 heavy (non-hydrogen) atoms. The van der Waals surface area contributed by atoms with Crippen molar-refractivity contribution in [3.05, 3.63) is 63.7 Å². The van der Waals surface area contributed by atoms with Gasteiger partial charge in [-0.05, 0) is 37.3 Å². The Morgan fingerprint density at radius 3 is 2.52 bits per heavy atom. The molecule has 3 N–H and O–H groups in total. The zero-order chi connectivity index (χ0) is 21.4. The van der Waals surface area contributed by atoms with Crippen molar-refractivity contribution < 1.29 is 24.0 Å². The summed E-state index contributed by atoms with van der Waals surface area (Å²) >= 11 is 0. The number of carbonyl (C=O) groups excluding carboxylic acids is 3. The van der Waals surface area contributed by atoms with E-state index in [1.807, 2.05) is 0 Å².